The van der Waals surface area contributed by atoms with Crippen LogP contribution in [0.4, 0.5) is 33.7 Å². The van der Waals surface area contributed by atoms with E-state index in [1.165, 1.54) is 24.3 Å². The van der Waals surface area contributed by atoms with E-state index in [1.807, 2.05) is 0 Å². The zero-order valence-electron chi connectivity index (χ0n) is 12.7. The first kappa shape index (κ1) is 18.2. The fourth-order valence-electron chi connectivity index (χ4n) is 1.84. The second-order valence-electron chi connectivity index (χ2n) is 4.91. The molecule has 2 rings (SSSR count). The first-order valence-corrected chi connectivity index (χ1v) is 7.02. The van der Waals surface area contributed by atoms with Crippen molar-refractivity contribution >= 4 is 23.3 Å². The zero-order valence-corrected chi connectivity index (χ0v) is 12.7. The summed E-state index contributed by atoms with van der Waals surface area (Å²) in [5, 5.41) is 6.76. The van der Waals surface area contributed by atoms with Crippen molar-refractivity contribution in [3.05, 3.63) is 59.9 Å². The third-order valence-corrected chi connectivity index (χ3v) is 3.03. The van der Waals surface area contributed by atoms with Gasteiger partial charge in [-0.2, -0.15) is 13.2 Å². The zero-order chi connectivity index (χ0) is 18.4. The monoisotopic (exact) mass is 355 g/mol. The fraction of sp³-hybridized carbons (Fsp3) is 0.125. The lowest BCUT2D eigenvalue weighted by atomic mass is 10.2. The van der Waals surface area contributed by atoms with Crippen LogP contribution in [0.5, 0.6) is 0 Å². The molecular weight excluding hydrogens is 342 g/mol. The van der Waals surface area contributed by atoms with Crippen molar-refractivity contribution in [1.82, 2.24) is 5.32 Å². The fourth-order valence-corrected chi connectivity index (χ4v) is 1.84. The van der Waals surface area contributed by atoms with E-state index in [1.54, 1.807) is 0 Å². The van der Waals surface area contributed by atoms with Crippen molar-refractivity contribution in [2.24, 2.45) is 0 Å². The number of alkyl halides is 3. The summed E-state index contributed by atoms with van der Waals surface area (Å²) in [6.45, 7) is -0.444. The molecule has 2 aromatic rings. The number of carbonyl (C=O) groups is 2. The van der Waals surface area contributed by atoms with E-state index in [0.717, 1.165) is 24.3 Å². The number of benzene rings is 2. The van der Waals surface area contributed by atoms with Crippen LogP contribution in [-0.2, 0) is 11.0 Å². The van der Waals surface area contributed by atoms with Gasteiger partial charge in [0.05, 0.1) is 17.8 Å². The van der Waals surface area contributed by atoms with Gasteiger partial charge in [0.1, 0.15) is 5.82 Å². The number of nitrogens with one attached hydrogen (secondary N) is 3. The predicted octanol–water partition coefficient (Wildman–Crippen LogP) is 3.60. The van der Waals surface area contributed by atoms with Gasteiger partial charge >= 0.3 is 12.2 Å². The van der Waals surface area contributed by atoms with Gasteiger partial charge in [0.15, 0.2) is 0 Å². The van der Waals surface area contributed by atoms with E-state index in [9.17, 15) is 27.2 Å². The quantitative estimate of drug-likeness (QED) is 0.734. The van der Waals surface area contributed by atoms with Gasteiger partial charge in [0.2, 0.25) is 5.91 Å². The van der Waals surface area contributed by atoms with Crippen LogP contribution in [-0.4, -0.2) is 18.5 Å². The Morgan fingerprint density at radius 2 is 1.56 bits per heavy atom. The Morgan fingerprint density at radius 3 is 2.16 bits per heavy atom. The second-order valence-corrected chi connectivity index (χ2v) is 4.91. The Labute approximate surface area is 140 Å². The maximum atomic E-state index is 13.4. The highest BCUT2D eigenvalue weighted by Crippen LogP contribution is 2.29. The molecule has 0 aliphatic rings. The van der Waals surface area contributed by atoms with Crippen LogP contribution in [0.25, 0.3) is 0 Å². The average Bonchev–Trinajstić information content (AvgIpc) is 2.55. The molecule has 3 amide bonds. The molecule has 2 aromatic carbocycles. The van der Waals surface area contributed by atoms with Crippen LogP contribution in [0.2, 0.25) is 0 Å². The molecule has 0 aromatic heterocycles. The van der Waals surface area contributed by atoms with Crippen LogP contribution in [0.3, 0.4) is 0 Å². The molecule has 0 unspecified atom stereocenters. The van der Waals surface area contributed by atoms with Crippen molar-refractivity contribution in [1.29, 1.82) is 0 Å². The van der Waals surface area contributed by atoms with E-state index in [2.05, 4.69) is 16.0 Å². The highest BCUT2D eigenvalue weighted by Gasteiger charge is 2.29. The summed E-state index contributed by atoms with van der Waals surface area (Å²) >= 11 is 0. The Balaban J connectivity index is 1.82. The van der Waals surface area contributed by atoms with Gasteiger partial charge in [-0.15, -0.1) is 0 Å². The summed E-state index contributed by atoms with van der Waals surface area (Å²) in [6, 6.07) is 8.54. The number of carbonyl (C=O) groups excluding carboxylic acids is 2. The maximum absolute atomic E-state index is 13.4. The number of rotatable bonds is 4. The molecule has 3 N–H and O–H groups in total. The molecule has 0 aliphatic carbocycles. The molecule has 132 valence electrons. The van der Waals surface area contributed by atoms with Crippen LogP contribution >= 0.6 is 0 Å². The van der Waals surface area contributed by atoms with Crippen molar-refractivity contribution in [2.75, 3.05) is 17.2 Å². The third-order valence-electron chi connectivity index (χ3n) is 3.03. The number of halogens is 4. The molecule has 0 heterocycles. The smallest absolute Gasteiger partial charge is 0.329 e. The van der Waals surface area contributed by atoms with Crippen molar-refractivity contribution in [3.63, 3.8) is 0 Å². The van der Waals surface area contributed by atoms with Gasteiger partial charge in [-0.3, -0.25) is 4.79 Å². The molecule has 0 radical (unpaired) electrons. The van der Waals surface area contributed by atoms with E-state index in [4.69, 9.17) is 0 Å². The normalized spacial score (nSPS) is 10.9. The highest BCUT2D eigenvalue weighted by atomic mass is 19.4. The minimum absolute atomic E-state index is 0.0301. The number of amides is 3. The van der Waals surface area contributed by atoms with Gasteiger partial charge in [-0.1, -0.05) is 12.1 Å². The average molecular weight is 355 g/mol. The number of hydrogen-bond donors (Lipinski definition) is 3. The van der Waals surface area contributed by atoms with Crippen LogP contribution < -0.4 is 16.0 Å². The van der Waals surface area contributed by atoms with Crippen molar-refractivity contribution in [3.8, 4) is 0 Å². The first-order valence-electron chi connectivity index (χ1n) is 7.02. The number of para-hydroxylation sites is 1. The van der Waals surface area contributed by atoms with Crippen LogP contribution in [0, 0.1) is 5.82 Å². The van der Waals surface area contributed by atoms with E-state index >= 15 is 0 Å². The molecule has 0 fully saturated rings. The molecule has 0 atom stereocenters. The molecule has 0 saturated carbocycles. The van der Waals surface area contributed by atoms with Crippen LogP contribution in [0.15, 0.2) is 48.5 Å². The van der Waals surface area contributed by atoms with Crippen LogP contribution in [0.1, 0.15) is 5.56 Å². The largest absolute Gasteiger partial charge is 0.416 e. The summed E-state index contributed by atoms with van der Waals surface area (Å²) in [6.07, 6.45) is -4.47. The molecule has 25 heavy (non-hydrogen) atoms. The topological polar surface area (TPSA) is 70.2 Å². The standard InChI is InChI=1S/C16H13F4N3O2/c17-12-3-1-2-4-13(12)23-14(24)9-21-15(25)22-11-7-5-10(6-8-11)16(18,19)20/h1-8H,9H2,(H,23,24)(H2,21,22,25). The number of hydrogen-bond acceptors (Lipinski definition) is 2. The molecule has 5 nitrogen and oxygen atoms in total. The summed E-state index contributed by atoms with van der Waals surface area (Å²) in [5.41, 5.74) is -0.750. The van der Waals surface area contributed by atoms with Gasteiger partial charge in [-0.25, -0.2) is 9.18 Å². The summed E-state index contributed by atoms with van der Waals surface area (Å²) < 4.78 is 50.6. The SMILES string of the molecule is O=C(CNC(=O)Nc1ccc(C(F)(F)F)cc1)Nc1ccccc1F. The first-order chi connectivity index (χ1) is 11.8. The molecule has 0 bridgehead atoms. The predicted molar refractivity (Wildman–Crippen MR) is 83.5 cm³/mol. The highest BCUT2D eigenvalue weighted by molar-refractivity contribution is 5.96. The van der Waals surface area contributed by atoms with Gasteiger partial charge in [-0.05, 0) is 36.4 Å². The second kappa shape index (κ2) is 7.65. The number of anilines is 2. The lowest BCUT2D eigenvalue weighted by molar-refractivity contribution is -0.137. The lowest BCUT2D eigenvalue weighted by Crippen LogP contribution is -2.35. The summed E-state index contributed by atoms with van der Waals surface area (Å²) in [5.74, 6) is -1.28. The van der Waals surface area contributed by atoms with E-state index < -0.39 is 36.0 Å². The lowest BCUT2D eigenvalue weighted by Gasteiger charge is -2.10. The third kappa shape index (κ3) is 5.48. The van der Waals surface area contributed by atoms with Crippen molar-refractivity contribution < 1.29 is 27.2 Å². The van der Waals surface area contributed by atoms with Crippen molar-refractivity contribution in [2.45, 2.75) is 6.18 Å². The minimum Gasteiger partial charge on any atom is -0.329 e. The Morgan fingerprint density at radius 1 is 0.920 bits per heavy atom. The summed E-state index contributed by atoms with van der Waals surface area (Å²) in [4.78, 5) is 23.3. The molecule has 0 aliphatic heterocycles. The minimum atomic E-state index is -4.47. The van der Waals surface area contributed by atoms with E-state index in [-0.39, 0.29) is 11.4 Å². The van der Waals surface area contributed by atoms with E-state index in [0.29, 0.717) is 0 Å². The van der Waals surface area contributed by atoms with Gasteiger partial charge in [0.25, 0.3) is 0 Å². The Kier molecular flexibility index (Phi) is 5.58. The molecule has 9 heteroatoms. The Bertz CT molecular complexity index is 761. The molecule has 0 saturated heterocycles. The van der Waals surface area contributed by atoms with Gasteiger partial charge in [0, 0.05) is 5.69 Å². The maximum Gasteiger partial charge on any atom is 0.416 e. The molecular formula is C16H13F4N3O2. The molecule has 0 spiro atoms. The summed E-state index contributed by atoms with van der Waals surface area (Å²) in [7, 11) is 0. The van der Waals surface area contributed by atoms with Gasteiger partial charge < -0.3 is 16.0 Å². The number of urea groups is 1. The Hall–Kier alpha value is -3.10.